The first-order chi connectivity index (χ1) is 62.0. The van der Waals surface area contributed by atoms with Crippen molar-refractivity contribution in [1.29, 1.82) is 0 Å². The van der Waals surface area contributed by atoms with E-state index in [9.17, 15) is 105 Å². The Morgan fingerprint density at radius 3 is 0.363 bits per heavy atom. The van der Waals surface area contributed by atoms with Crippen molar-refractivity contribution in [2.45, 2.75) is 229 Å². The maximum absolute atomic E-state index is 15.4. The maximum atomic E-state index is 15.4. The predicted octanol–water partition coefficient (Wildman–Crippen LogP) is 14.2. The first-order valence-electron chi connectivity index (χ1n) is 41.9. The molecule has 6 aliphatic carbocycles. The SMILES string of the molecule is Br.CN(C1CCCCC1)C1CCCCC1.C[NH+](C1CCCCC1)C1CCCCC1.C[NH+](C1CCCCC1)C1CCCCC1.Fc1c(F)c(F)c([B-](c2c(F)c(F)c(F)c(F)c2F)(c2c(F)c(F)c(F)c(F)c2F)c2c(F)c(F)c(F)c(F)c2F)c(F)c1F.Fc1c(F)c(F)c([B-](c2c(F)c(F)c(F)c(F)c2F)(c2c(F)c(F)c(F)c(F)c2F)c2c(F)c(F)c(F)c(F)c2F)c(F)c1F.[Br-].[Na+]. The molecule has 0 aliphatic heterocycles. The summed E-state index contributed by atoms with van der Waals surface area (Å²) in [6.07, 6.45) is 30.2. The summed E-state index contributed by atoms with van der Waals surface area (Å²) in [4.78, 5) is 6.48. The molecule has 0 amide bonds. The van der Waals surface area contributed by atoms with E-state index >= 15 is 70.2 Å². The summed E-state index contributed by atoms with van der Waals surface area (Å²) in [5, 5.41) is 0. The summed E-state index contributed by atoms with van der Waals surface area (Å²) in [7, 11) is 7.31. The molecule has 0 saturated heterocycles. The van der Waals surface area contributed by atoms with Gasteiger partial charge >= 0.3 is 29.6 Å². The second-order valence-corrected chi connectivity index (χ2v) is 33.7. The van der Waals surface area contributed by atoms with Crippen LogP contribution in [0, 0.1) is 233 Å². The van der Waals surface area contributed by atoms with Crippen LogP contribution in [0.5, 0.6) is 0 Å². The van der Waals surface area contributed by atoms with E-state index in [2.05, 4.69) is 26.0 Å². The van der Waals surface area contributed by atoms with Crippen LogP contribution in [0.25, 0.3) is 0 Å². The van der Waals surface area contributed by atoms with Gasteiger partial charge in [-0.05, 0) is 135 Å². The fraction of sp³-hybridized carbons (Fsp3) is 0.448. The zero-order chi connectivity index (χ0) is 98.1. The summed E-state index contributed by atoms with van der Waals surface area (Å²) in [5.74, 6) is -143. The first-order valence-corrected chi connectivity index (χ1v) is 41.9. The van der Waals surface area contributed by atoms with E-state index in [1.165, 1.54) is 193 Å². The Bertz CT molecular complexity index is 4420. The number of hydrogen-bond donors (Lipinski definition) is 2. The van der Waals surface area contributed by atoms with E-state index in [0.717, 1.165) is 36.3 Å². The summed E-state index contributed by atoms with van der Waals surface area (Å²) in [6, 6.07) is 5.87. The molecule has 6 saturated carbocycles. The van der Waals surface area contributed by atoms with Crippen LogP contribution in [-0.2, 0) is 0 Å². The molecule has 6 fully saturated rings. The van der Waals surface area contributed by atoms with Crippen LogP contribution >= 0.6 is 17.0 Å². The molecule has 0 radical (unpaired) electrons. The zero-order valence-corrected chi connectivity index (χ0v) is 76.5. The zero-order valence-electron chi connectivity index (χ0n) is 71.2. The second kappa shape index (κ2) is 47.5. The van der Waals surface area contributed by atoms with E-state index < -0.39 is 289 Å². The molecule has 0 bridgehead atoms. The third kappa shape index (κ3) is 21.3. The van der Waals surface area contributed by atoms with Gasteiger partial charge in [-0.2, -0.15) is 0 Å². The third-order valence-corrected chi connectivity index (χ3v) is 26.7. The number of halogens is 42. The molecule has 2 N–H and O–H groups in total. The molecule has 0 unspecified atom stereocenters. The van der Waals surface area contributed by atoms with Gasteiger partial charge in [0.1, 0.15) is 105 Å². The van der Waals surface area contributed by atoms with Crippen molar-refractivity contribution in [3.05, 3.63) is 233 Å². The molecule has 0 atom stereocenters. The van der Waals surface area contributed by atoms with E-state index in [-0.39, 0.29) is 63.5 Å². The molecule has 0 spiro atoms. The maximum Gasteiger partial charge on any atom is 1.00 e. The Balaban J connectivity index is 0.000000254. The predicted molar refractivity (Wildman–Crippen MR) is 412 cm³/mol. The monoisotopic (exact) mass is 2130 g/mol. The van der Waals surface area contributed by atoms with Crippen LogP contribution in [0.15, 0.2) is 0 Å². The van der Waals surface area contributed by atoms with Crippen molar-refractivity contribution in [2.75, 3.05) is 21.1 Å². The van der Waals surface area contributed by atoms with Gasteiger partial charge in [0.2, 0.25) is 0 Å². The van der Waals surface area contributed by atoms with E-state index in [4.69, 9.17) is 0 Å². The summed E-state index contributed by atoms with van der Waals surface area (Å²) in [5.41, 5.74) is -28.7. The molecule has 0 heterocycles. The second-order valence-electron chi connectivity index (χ2n) is 33.7. The van der Waals surface area contributed by atoms with Gasteiger partial charge in [0.25, 0.3) is 0 Å². The molecule has 3 nitrogen and oxygen atoms in total. The van der Waals surface area contributed by atoms with Crippen molar-refractivity contribution in [2.24, 2.45) is 0 Å². The van der Waals surface area contributed by atoms with Gasteiger partial charge in [0.05, 0.1) is 38.3 Å². The van der Waals surface area contributed by atoms with Gasteiger partial charge in [0.15, 0.2) is 140 Å². The Morgan fingerprint density at radius 2 is 0.259 bits per heavy atom. The Morgan fingerprint density at radius 1 is 0.170 bits per heavy atom. The Hall–Kier alpha value is -7.07. The minimum Gasteiger partial charge on any atom is -1.00 e. The average molecular weight is 2130 g/mol. The van der Waals surface area contributed by atoms with Crippen molar-refractivity contribution in [3.8, 4) is 0 Å². The standard InChI is InChI=1S/2C24BF20.3C13H25N.2BrH.Na/c2*26-5-1(6(27)14(35)21(42)13(5)34)25(2-7(28)15(36)22(43)16(37)8(2)29,3-9(30)17(38)23(44)18(39)10(3)31)4-11(32)19(40)24(45)20(41)12(4)33;3*1-14(12-8-4-2-5-9-12)13-10-6-3-7-11-13;;;/h;;3*12-13H,2-11H2,1H3;2*1H;/q2*-1;;;;;;+1/p+1. The van der Waals surface area contributed by atoms with Crippen molar-refractivity contribution < 1.29 is 232 Å². The molecule has 48 heteroatoms. The van der Waals surface area contributed by atoms with E-state index in [0.29, 0.717) is 0 Å². The largest absolute Gasteiger partial charge is 1.00 e. The van der Waals surface area contributed by atoms with Crippen molar-refractivity contribution in [1.82, 2.24) is 4.90 Å². The third-order valence-electron chi connectivity index (χ3n) is 26.7. The fourth-order valence-electron chi connectivity index (χ4n) is 19.9. The molecular formula is C87H78B2Br2F40N3Na. The summed E-state index contributed by atoms with van der Waals surface area (Å²) in [6.45, 7) is 0. The molecule has 8 aromatic carbocycles. The minimum atomic E-state index is -7.22. The number of quaternary nitrogens is 2. The molecule has 135 heavy (non-hydrogen) atoms. The van der Waals surface area contributed by atoms with Gasteiger partial charge in [0, 0.05) is 12.1 Å². The topological polar surface area (TPSA) is 12.1 Å². The van der Waals surface area contributed by atoms with E-state index in [1.54, 1.807) is 0 Å². The molecule has 14 rings (SSSR count). The van der Waals surface area contributed by atoms with Crippen LogP contribution in [0.3, 0.4) is 0 Å². The Labute approximate surface area is 788 Å². The normalized spacial score (nSPS) is 16.4. The number of benzene rings is 8. The van der Waals surface area contributed by atoms with Gasteiger partial charge in [-0.1, -0.05) is 64.2 Å². The molecule has 0 aromatic heterocycles. The molecule has 742 valence electrons. The van der Waals surface area contributed by atoms with Crippen LogP contribution in [0.1, 0.15) is 193 Å². The van der Waals surface area contributed by atoms with Gasteiger partial charge in [-0.15, -0.1) is 60.7 Å². The van der Waals surface area contributed by atoms with Gasteiger partial charge < -0.3 is 31.7 Å². The van der Waals surface area contributed by atoms with Crippen LogP contribution in [0.2, 0.25) is 0 Å². The molecule has 6 aliphatic rings. The Kier molecular flexibility index (Phi) is 40.4. The van der Waals surface area contributed by atoms with Gasteiger partial charge in [-0.25, -0.2) is 176 Å². The van der Waals surface area contributed by atoms with Gasteiger partial charge in [-0.3, -0.25) is 0 Å². The number of rotatable bonds is 14. The minimum absolute atomic E-state index is 0. The average Bonchev–Trinajstić information content (AvgIpc) is 0.683. The quantitative estimate of drug-likeness (QED) is 0.0479. The van der Waals surface area contributed by atoms with Crippen LogP contribution < -0.4 is 100 Å². The fourth-order valence-corrected chi connectivity index (χ4v) is 19.9. The van der Waals surface area contributed by atoms with Crippen LogP contribution in [-0.4, -0.2) is 74.6 Å². The molecular weight excluding hydrogens is 2050 g/mol. The van der Waals surface area contributed by atoms with Crippen molar-refractivity contribution in [3.63, 3.8) is 0 Å². The van der Waals surface area contributed by atoms with Crippen molar-refractivity contribution >= 4 is 73.0 Å². The number of nitrogens with zero attached hydrogens (tertiary/aromatic N) is 1. The summed E-state index contributed by atoms with van der Waals surface area (Å²) >= 11 is 0. The summed E-state index contributed by atoms with van der Waals surface area (Å²) < 4.78 is 588. The smallest absolute Gasteiger partial charge is 1.00 e. The van der Waals surface area contributed by atoms with Crippen LogP contribution in [0.4, 0.5) is 176 Å². The van der Waals surface area contributed by atoms with E-state index in [1.807, 2.05) is 9.80 Å². The first kappa shape index (κ1) is 115. The number of nitrogens with one attached hydrogen (secondary N) is 2. The molecule has 8 aromatic rings. The number of hydrogen-bond acceptors (Lipinski definition) is 1.